The number of hydrogen-bond acceptors (Lipinski definition) is 5. The van der Waals surface area contributed by atoms with Gasteiger partial charge in [0.2, 0.25) is 0 Å². The molecular weight excluding hydrogens is 348 g/mol. The Balaban J connectivity index is 1.67. The molecule has 2 aromatic carbocycles. The molecule has 0 amide bonds. The molecule has 2 aliphatic heterocycles. The van der Waals surface area contributed by atoms with Crippen molar-refractivity contribution >= 4 is 11.6 Å². The second-order valence-corrected chi connectivity index (χ2v) is 7.07. The summed E-state index contributed by atoms with van der Waals surface area (Å²) in [5.74, 6) is -1.32. The number of nitrogens with zero attached hydrogens (tertiary/aromatic N) is 3. The zero-order chi connectivity index (χ0) is 19.0. The van der Waals surface area contributed by atoms with Gasteiger partial charge in [-0.25, -0.2) is 13.8 Å². The molecule has 2 aromatic rings. The lowest BCUT2D eigenvalue weighted by atomic mass is 9.96. The first-order valence-electron chi connectivity index (χ1n) is 8.96. The van der Waals surface area contributed by atoms with Crippen LogP contribution in [0.3, 0.4) is 0 Å². The molecule has 1 saturated heterocycles. The van der Waals surface area contributed by atoms with E-state index in [0.29, 0.717) is 18.1 Å². The van der Waals surface area contributed by atoms with Crippen LogP contribution in [0.15, 0.2) is 35.3 Å². The Morgan fingerprint density at radius 3 is 2.59 bits per heavy atom. The molecule has 2 aliphatic rings. The molecule has 4 rings (SSSR count). The maximum Gasteiger partial charge on any atom is 0.193 e. The molecular formula is C20H22F2N5. The molecule has 0 aromatic heterocycles. The van der Waals surface area contributed by atoms with Gasteiger partial charge < -0.3 is 16.0 Å². The molecule has 0 unspecified atom stereocenters. The molecule has 3 N–H and O–H groups in total. The van der Waals surface area contributed by atoms with Crippen LogP contribution in [-0.2, 0) is 6.54 Å². The van der Waals surface area contributed by atoms with Crippen molar-refractivity contribution in [2.45, 2.75) is 6.54 Å². The normalized spacial score (nSPS) is 18.0. The summed E-state index contributed by atoms with van der Waals surface area (Å²) in [5, 5.41) is 2.99. The van der Waals surface area contributed by atoms with Gasteiger partial charge in [0, 0.05) is 44.0 Å². The number of likely N-dealkylation sites (N-methyl/N-ethyl adjacent to an activating group) is 1. The quantitative estimate of drug-likeness (QED) is 0.872. The Bertz CT molecular complexity index is 888. The highest BCUT2D eigenvalue weighted by Gasteiger charge is 2.19. The number of guanidine groups is 1. The fourth-order valence-electron chi connectivity index (χ4n) is 3.49. The first kappa shape index (κ1) is 17.9. The van der Waals surface area contributed by atoms with Gasteiger partial charge in [-0.2, -0.15) is 0 Å². The second-order valence-electron chi connectivity index (χ2n) is 7.07. The molecule has 0 aliphatic carbocycles. The Labute approximate surface area is 157 Å². The van der Waals surface area contributed by atoms with Crippen molar-refractivity contribution in [1.82, 2.24) is 9.80 Å². The first-order chi connectivity index (χ1) is 13.0. The highest BCUT2D eigenvalue weighted by Crippen LogP contribution is 2.32. The number of anilines is 1. The van der Waals surface area contributed by atoms with Crippen LogP contribution in [0.25, 0.3) is 11.1 Å². The van der Waals surface area contributed by atoms with Gasteiger partial charge in [0.15, 0.2) is 17.6 Å². The van der Waals surface area contributed by atoms with E-state index >= 15 is 0 Å². The zero-order valence-corrected chi connectivity index (χ0v) is 15.2. The molecule has 5 nitrogen and oxygen atoms in total. The molecule has 1 radical (unpaired) electrons. The summed E-state index contributed by atoms with van der Waals surface area (Å²) in [6, 6.07) is 8.29. The Hall–Kier alpha value is -2.51. The topological polar surface area (TPSA) is 56.9 Å². The largest absolute Gasteiger partial charge is 0.370 e. The number of halogens is 2. The minimum atomic E-state index is -0.839. The van der Waals surface area contributed by atoms with Gasteiger partial charge in [-0.15, -0.1) is 0 Å². The third kappa shape index (κ3) is 3.79. The van der Waals surface area contributed by atoms with Crippen molar-refractivity contribution in [3.05, 3.63) is 59.6 Å². The summed E-state index contributed by atoms with van der Waals surface area (Å²) >= 11 is 0. The zero-order valence-electron chi connectivity index (χ0n) is 15.2. The fraction of sp³-hybridized carbons (Fsp3) is 0.300. The van der Waals surface area contributed by atoms with Crippen molar-refractivity contribution in [3.63, 3.8) is 0 Å². The number of nitrogens with two attached hydrogens (primary N) is 1. The molecule has 7 heteroatoms. The maximum atomic E-state index is 14.0. The maximum absolute atomic E-state index is 14.0. The number of aliphatic imine (C=N–C) groups is 1. The second kappa shape index (κ2) is 7.25. The number of benzene rings is 2. The van der Waals surface area contributed by atoms with Crippen LogP contribution in [0, 0.1) is 18.2 Å². The van der Waals surface area contributed by atoms with Crippen LogP contribution in [-0.4, -0.2) is 49.0 Å². The predicted octanol–water partition coefficient (Wildman–Crippen LogP) is 2.63. The summed E-state index contributed by atoms with van der Waals surface area (Å²) in [6.07, 6.45) is 0. The summed E-state index contributed by atoms with van der Waals surface area (Å²) < 4.78 is 28.0. The molecule has 141 valence electrons. The van der Waals surface area contributed by atoms with Crippen molar-refractivity contribution in [2.24, 2.45) is 10.7 Å². The van der Waals surface area contributed by atoms with Crippen molar-refractivity contribution in [3.8, 4) is 11.1 Å². The van der Waals surface area contributed by atoms with Gasteiger partial charge in [0.25, 0.3) is 0 Å². The van der Waals surface area contributed by atoms with Gasteiger partial charge >= 0.3 is 0 Å². The van der Waals surface area contributed by atoms with Gasteiger partial charge in [0.1, 0.15) is 6.54 Å². The highest BCUT2D eigenvalue weighted by molar-refractivity contribution is 5.96. The predicted molar refractivity (Wildman–Crippen MR) is 103 cm³/mol. The van der Waals surface area contributed by atoms with Crippen LogP contribution in [0.2, 0.25) is 0 Å². The number of piperazine rings is 1. The molecule has 2 heterocycles. The minimum absolute atomic E-state index is 0.332. The lowest BCUT2D eigenvalue weighted by molar-refractivity contribution is 0.148. The number of hydrogen-bond donors (Lipinski definition) is 2. The van der Waals surface area contributed by atoms with Crippen LogP contribution < -0.4 is 11.1 Å². The van der Waals surface area contributed by atoms with Crippen molar-refractivity contribution < 1.29 is 8.78 Å². The summed E-state index contributed by atoms with van der Waals surface area (Å²) in [5.41, 5.74) is 9.69. The molecule has 0 spiro atoms. The monoisotopic (exact) mass is 370 g/mol. The van der Waals surface area contributed by atoms with Crippen LogP contribution in [0.5, 0.6) is 0 Å². The third-order valence-corrected chi connectivity index (χ3v) is 5.10. The average molecular weight is 370 g/mol. The van der Waals surface area contributed by atoms with E-state index in [9.17, 15) is 8.78 Å². The molecule has 0 saturated carbocycles. The van der Waals surface area contributed by atoms with E-state index in [1.165, 1.54) is 12.1 Å². The summed E-state index contributed by atoms with van der Waals surface area (Å²) in [4.78, 5) is 8.61. The number of fused-ring (bicyclic) bond motifs is 1. The van der Waals surface area contributed by atoms with Crippen LogP contribution in [0.1, 0.15) is 11.1 Å². The van der Waals surface area contributed by atoms with E-state index < -0.39 is 11.6 Å². The Morgan fingerprint density at radius 2 is 1.81 bits per heavy atom. The van der Waals surface area contributed by atoms with E-state index in [1.54, 1.807) is 6.54 Å². The SMILES string of the molecule is CN1CCN(Cc2cc(F)c(F)cc2-c2ccc3c(c2)[CH]N=C(N)N3)CC1. The standard InChI is InChI=1S/C20H22F2N5/c1-26-4-6-27(7-5-26)12-15-9-17(21)18(22)10-16(15)13-2-3-19-14(8-13)11-24-20(23)25-19/h2-3,8-11H,4-7,12H2,1H3,(H3,23,24,25). The van der Waals surface area contributed by atoms with Crippen molar-refractivity contribution in [2.75, 3.05) is 38.5 Å². The average Bonchev–Trinajstić information content (AvgIpc) is 2.66. The van der Waals surface area contributed by atoms with E-state index in [0.717, 1.165) is 48.6 Å². The lowest BCUT2D eigenvalue weighted by Crippen LogP contribution is -2.43. The smallest absolute Gasteiger partial charge is 0.193 e. The van der Waals surface area contributed by atoms with Gasteiger partial charge in [-0.1, -0.05) is 6.07 Å². The molecule has 1 fully saturated rings. The molecule has 27 heavy (non-hydrogen) atoms. The Morgan fingerprint density at radius 1 is 1.07 bits per heavy atom. The third-order valence-electron chi connectivity index (χ3n) is 5.10. The summed E-state index contributed by atoms with van der Waals surface area (Å²) in [7, 11) is 2.09. The molecule has 0 atom stereocenters. The molecule has 0 bridgehead atoms. The van der Waals surface area contributed by atoms with Crippen LogP contribution >= 0.6 is 0 Å². The van der Waals surface area contributed by atoms with Gasteiger partial charge in [-0.05, 0) is 48.0 Å². The van der Waals surface area contributed by atoms with E-state index in [4.69, 9.17) is 5.73 Å². The Kier molecular flexibility index (Phi) is 4.80. The first-order valence-corrected chi connectivity index (χ1v) is 8.96. The van der Waals surface area contributed by atoms with E-state index in [1.807, 2.05) is 18.2 Å². The fourth-order valence-corrected chi connectivity index (χ4v) is 3.49. The number of nitrogens with one attached hydrogen (secondary N) is 1. The van der Waals surface area contributed by atoms with E-state index in [2.05, 4.69) is 27.2 Å². The minimum Gasteiger partial charge on any atom is -0.370 e. The number of rotatable bonds is 3. The van der Waals surface area contributed by atoms with E-state index in [-0.39, 0.29) is 0 Å². The summed E-state index contributed by atoms with van der Waals surface area (Å²) in [6.45, 7) is 6.01. The van der Waals surface area contributed by atoms with Crippen LogP contribution in [0.4, 0.5) is 14.5 Å². The van der Waals surface area contributed by atoms with Gasteiger partial charge in [0.05, 0.1) is 0 Å². The van der Waals surface area contributed by atoms with Gasteiger partial charge in [-0.3, -0.25) is 4.90 Å². The highest BCUT2D eigenvalue weighted by atomic mass is 19.2. The van der Waals surface area contributed by atoms with Crippen molar-refractivity contribution in [1.29, 1.82) is 0 Å². The lowest BCUT2D eigenvalue weighted by Gasteiger charge is -2.32.